The second-order valence-corrected chi connectivity index (χ2v) is 6.37. The SMILES string of the molecule is CN1CCC(N2CCN(C(=O)c3ccc(F)cc3)CC2)CC1. The van der Waals surface area contributed by atoms with Crippen LogP contribution in [0.1, 0.15) is 23.2 Å². The highest BCUT2D eigenvalue weighted by Gasteiger charge is 2.28. The fourth-order valence-electron chi connectivity index (χ4n) is 3.43. The fourth-order valence-corrected chi connectivity index (χ4v) is 3.43. The Hall–Kier alpha value is -1.46. The van der Waals surface area contributed by atoms with Crippen LogP contribution in [0.3, 0.4) is 0 Å². The number of hydrogen-bond acceptors (Lipinski definition) is 3. The van der Waals surface area contributed by atoms with Crippen molar-refractivity contribution in [2.45, 2.75) is 18.9 Å². The van der Waals surface area contributed by atoms with Crippen molar-refractivity contribution in [2.24, 2.45) is 0 Å². The van der Waals surface area contributed by atoms with Gasteiger partial charge in [-0.05, 0) is 57.2 Å². The van der Waals surface area contributed by atoms with E-state index in [1.807, 2.05) is 4.90 Å². The van der Waals surface area contributed by atoms with Crippen molar-refractivity contribution in [2.75, 3.05) is 46.3 Å². The van der Waals surface area contributed by atoms with E-state index in [0.29, 0.717) is 11.6 Å². The van der Waals surface area contributed by atoms with E-state index >= 15 is 0 Å². The molecule has 0 N–H and O–H groups in total. The first-order valence-electron chi connectivity index (χ1n) is 8.11. The zero-order chi connectivity index (χ0) is 15.5. The highest BCUT2D eigenvalue weighted by Crippen LogP contribution is 2.18. The molecule has 1 amide bonds. The Balaban J connectivity index is 1.53. The number of piperidine rings is 1. The van der Waals surface area contributed by atoms with Crippen LogP contribution in [0.4, 0.5) is 4.39 Å². The summed E-state index contributed by atoms with van der Waals surface area (Å²) < 4.78 is 12.9. The van der Waals surface area contributed by atoms with Gasteiger partial charge in [0.15, 0.2) is 0 Å². The highest BCUT2D eigenvalue weighted by atomic mass is 19.1. The van der Waals surface area contributed by atoms with E-state index in [4.69, 9.17) is 0 Å². The number of nitrogens with zero attached hydrogens (tertiary/aromatic N) is 3. The number of benzene rings is 1. The summed E-state index contributed by atoms with van der Waals surface area (Å²) in [5, 5.41) is 0. The number of carbonyl (C=O) groups excluding carboxylic acids is 1. The molecule has 2 heterocycles. The molecule has 0 radical (unpaired) electrons. The van der Waals surface area contributed by atoms with Gasteiger partial charge in [-0.1, -0.05) is 0 Å². The zero-order valence-corrected chi connectivity index (χ0v) is 13.2. The van der Waals surface area contributed by atoms with E-state index in [-0.39, 0.29) is 11.7 Å². The van der Waals surface area contributed by atoms with E-state index in [2.05, 4.69) is 16.8 Å². The summed E-state index contributed by atoms with van der Waals surface area (Å²) in [7, 11) is 2.18. The first-order chi connectivity index (χ1) is 10.6. The van der Waals surface area contributed by atoms with E-state index < -0.39 is 0 Å². The Morgan fingerprint density at radius 3 is 2.18 bits per heavy atom. The standard InChI is InChI=1S/C17H24FN3O/c1-19-8-6-16(7-9-19)20-10-12-21(13-11-20)17(22)14-2-4-15(18)5-3-14/h2-5,16H,6-13H2,1H3. The molecule has 0 aromatic heterocycles. The van der Waals surface area contributed by atoms with Crippen molar-refractivity contribution in [3.05, 3.63) is 35.6 Å². The molecule has 2 aliphatic heterocycles. The molecule has 1 aromatic carbocycles. The number of amides is 1. The van der Waals surface area contributed by atoms with Crippen LogP contribution in [0.15, 0.2) is 24.3 Å². The first kappa shape index (κ1) is 15.4. The van der Waals surface area contributed by atoms with Crippen molar-refractivity contribution in [3.8, 4) is 0 Å². The predicted octanol–water partition coefficient (Wildman–Crippen LogP) is 1.68. The summed E-state index contributed by atoms with van der Waals surface area (Å²) in [6.07, 6.45) is 2.45. The molecule has 3 rings (SSSR count). The molecule has 4 nitrogen and oxygen atoms in total. The van der Waals surface area contributed by atoms with E-state index in [1.165, 1.54) is 38.1 Å². The Kier molecular flexibility index (Phi) is 4.74. The summed E-state index contributed by atoms with van der Waals surface area (Å²) in [5.74, 6) is -0.285. The molecular weight excluding hydrogens is 281 g/mol. The minimum absolute atomic E-state index is 0.0167. The van der Waals surface area contributed by atoms with Crippen molar-refractivity contribution in [3.63, 3.8) is 0 Å². The Labute approximate surface area is 131 Å². The van der Waals surface area contributed by atoms with Gasteiger partial charge in [-0.25, -0.2) is 4.39 Å². The third-order valence-electron chi connectivity index (χ3n) is 4.90. The fraction of sp³-hybridized carbons (Fsp3) is 0.588. The Bertz CT molecular complexity index is 503. The van der Waals surface area contributed by atoms with Crippen LogP contribution in [-0.4, -0.2) is 73.0 Å². The normalized spacial score (nSPS) is 22.0. The third kappa shape index (κ3) is 3.47. The lowest BCUT2D eigenvalue weighted by Gasteiger charge is -2.42. The lowest BCUT2D eigenvalue weighted by atomic mass is 10.0. The minimum Gasteiger partial charge on any atom is -0.336 e. The number of piperazine rings is 1. The van der Waals surface area contributed by atoms with Gasteiger partial charge in [-0.15, -0.1) is 0 Å². The van der Waals surface area contributed by atoms with Crippen LogP contribution < -0.4 is 0 Å². The molecule has 0 aliphatic carbocycles. The molecule has 5 heteroatoms. The minimum atomic E-state index is -0.302. The molecule has 2 aliphatic rings. The maximum Gasteiger partial charge on any atom is 0.253 e. The summed E-state index contributed by atoms with van der Waals surface area (Å²) in [6, 6.07) is 6.51. The third-order valence-corrected chi connectivity index (χ3v) is 4.90. The summed E-state index contributed by atoms with van der Waals surface area (Å²) in [4.78, 5) is 19.2. The van der Waals surface area contributed by atoms with Gasteiger partial charge in [-0.3, -0.25) is 9.69 Å². The predicted molar refractivity (Wildman–Crippen MR) is 84.4 cm³/mol. The lowest BCUT2D eigenvalue weighted by molar-refractivity contribution is 0.0475. The second kappa shape index (κ2) is 6.75. The number of likely N-dealkylation sites (tertiary alicyclic amines) is 1. The molecular formula is C17H24FN3O. The number of carbonyl (C=O) groups is 1. The van der Waals surface area contributed by atoms with E-state index in [1.54, 1.807) is 12.1 Å². The van der Waals surface area contributed by atoms with Crippen molar-refractivity contribution in [1.82, 2.24) is 14.7 Å². The maximum atomic E-state index is 12.9. The van der Waals surface area contributed by atoms with Crippen LogP contribution in [0, 0.1) is 5.82 Å². The van der Waals surface area contributed by atoms with Gasteiger partial charge < -0.3 is 9.80 Å². The zero-order valence-electron chi connectivity index (χ0n) is 13.2. The van der Waals surface area contributed by atoms with E-state index in [0.717, 1.165) is 26.2 Å². The monoisotopic (exact) mass is 305 g/mol. The topological polar surface area (TPSA) is 26.8 Å². The van der Waals surface area contributed by atoms with Gasteiger partial charge in [0.2, 0.25) is 0 Å². The molecule has 0 unspecified atom stereocenters. The van der Waals surface area contributed by atoms with Crippen LogP contribution in [0.2, 0.25) is 0 Å². The molecule has 2 saturated heterocycles. The smallest absolute Gasteiger partial charge is 0.253 e. The molecule has 0 bridgehead atoms. The van der Waals surface area contributed by atoms with Gasteiger partial charge in [0, 0.05) is 37.8 Å². The van der Waals surface area contributed by atoms with E-state index in [9.17, 15) is 9.18 Å². The van der Waals surface area contributed by atoms with Crippen LogP contribution in [0.25, 0.3) is 0 Å². The van der Waals surface area contributed by atoms with Crippen LogP contribution in [-0.2, 0) is 0 Å². The first-order valence-corrected chi connectivity index (χ1v) is 8.11. The van der Waals surface area contributed by atoms with Crippen molar-refractivity contribution < 1.29 is 9.18 Å². The maximum absolute atomic E-state index is 12.9. The molecule has 120 valence electrons. The van der Waals surface area contributed by atoms with Gasteiger partial charge in [0.1, 0.15) is 5.82 Å². The average Bonchev–Trinajstić information content (AvgIpc) is 2.56. The molecule has 0 spiro atoms. The molecule has 0 saturated carbocycles. The van der Waals surface area contributed by atoms with Crippen LogP contribution in [0.5, 0.6) is 0 Å². The van der Waals surface area contributed by atoms with Gasteiger partial charge in [0.05, 0.1) is 0 Å². The number of rotatable bonds is 2. The number of halogens is 1. The van der Waals surface area contributed by atoms with Crippen LogP contribution >= 0.6 is 0 Å². The van der Waals surface area contributed by atoms with Gasteiger partial charge in [-0.2, -0.15) is 0 Å². The second-order valence-electron chi connectivity index (χ2n) is 6.37. The lowest BCUT2D eigenvalue weighted by Crippen LogP contribution is -2.54. The molecule has 22 heavy (non-hydrogen) atoms. The average molecular weight is 305 g/mol. The molecule has 0 atom stereocenters. The number of hydrogen-bond donors (Lipinski definition) is 0. The Morgan fingerprint density at radius 2 is 1.59 bits per heavy atom. The Morgan fingerprint density at radius 1 is 1.00 bits per heavy atom. The summed E-state index contributed by atoms with van der Waals surface area (Å²) >= 11 is 0. The van der Waals surface area contributed by atoms with Crippen molar-refractivity contribution >= 4 is 5.91 Å². The summed E-state index contributed by atoms with van der Waals surface area (Å²) in [6.45, 7) is 5.76. The van der Waals surface area contributed by atoms with Gasteiger partial charge >= 0.3 is 0 Å². The quantitative estimate of drug-likeness (QED) is 0.832. The largest absolute Gasteiger partial charge is 0.336 e. The molecule has 1 aromatic rings. The highest BCUT2D eigenvalue weighted by molar-refractivity contribution is 5.94. The van der Waals surface area contributed by atoms with Crippen molar-refractivity contribution in [1.29, 1.82) is 0 Å². The van der Waals surface area contributed by atoms with Gasteiger partial charge in [0.25, 0.3) is 5.91 Å². The summed E-state index contributed by atoms with van der Waals surface area (Å²) in [5.41, 5.74) is 0.578. The molecule has 2 fully saturated rings.